The molecule has 2 aliphatic heterocycles. The molecule has 0 atom stereocenters. The van der Waals surface area contributed by atoms with E-state index in [1.807, 2.05) is 0 Å². The lowest BCUT2D eigenvalue weighted by molar-refractivity contribution is 0.00662. The maximum absolute atomic E-state index is 11.2. The smallest absolute Gasteiger partial charge is 0.410 e. The van der Waals surface area contributed by atoms with Crippen molar-refractivity contribution in [3.63, 3.8) is 0 Å². The highest BCUT2D eigenvalue weighted by molar-refractivity contribution is 5.70. The Morgan fingerprint density at radius 2 is 1.92 bits per heavy atom. The molecule has 2 fully saturated rings. The summed E-state index contributed by atoms with van der Waals surface area (Å²) in [6, 6.07) is 0. The summed E-state index contributed by atoms with van der Waals surface area (Å²) >= 11 is 0. The van der Waals surface area contributed by atoms with Gasteiger partial charge < -0.3 is 14.5 Å². The fourth-order valence-electron chi connectivity index (χ4n) is 2.08. The summed E-state index contributed by atoms with van der Waals surface area (Å²) in [5.74, 6) is 0. The average Bonchev–Trinajstić information content (AvgIpc) is 2.36. The quantitative estimate of drug-likeness (QED) is 0.550. The van der Waals surface area contributed by atoms with Crippen molar-refractivity contribution >= 4 is 6.09 Å². The van der Waals surface area contributed by atoms with Gasteiger partial charge in [-0.05, 0) is 7.05 Å². The summed E-state index contributed by atoms with van der Waals surface area (Å²) in [5.41, 5.74) is -0.168. The zero-order chi connectivity index (χ0) is 9.47. The monoisotopic (exact) mass is 184 g/mol. The van der Waals surface area contributed by atoms with Gasteiger partial charge >= 0.3 is 6.09 Å². The second-order valence-corrected chi connectivity index (χ2v) is 4.21. The van der Waals surface area contributed by atoms with Crippen LogP contribution in [0.2, 0.25) is 0 Å². The lowest BCUT2D eigenvalue weighted by atomic mass is 9.92. The Hall–Kier alpha value is -0.770. The van der Waals surface area contributed by atoms with E-state index in [1.54, 1.807) is 11.9 Å². The average molecular weight is 184 g/mol. The number of hydrogen-bond acceptors (Lipinski definition) is 3. The first kappa shape index (κ1) is 8.81. The highest BCUT2D eigenvalue weighted by Gasteiger charge is 2.44. The van der Waals surface area contributed by atoms with Crippen molar-refractivity contribution in [3.05, 3.63) is 0 Å². The Balaban J connectivity index is 2.03. The number of carbonyl (C=O) groups excluding carboxylic acids is 1. The van der Waals surface area contributed by atoms with Gasteiger partial charge in [0.25, 0.3) is 0 Å². The molecule has 0 aromatic carbocycles. The van der Waals surface area contributed by atoms with Crippen molar-refractivity contribution in [1.82, 2.24) is 9.80 Å². The minimum absolute atomic E-state index is 0.162. The van der Waals surface area contributed by atoms with E-state index in [4.69, 9.17) is 4.74 Å². The van der Waals surface area contributed by atoms with Crippen LogP contribution in [-0.4, -0.2) is 55.2 Å². The Morgan fingerprint density at radius 1 is 1.31 bits per heavy atom. The van der Waals surface area contributed by atoms with Crippen LogP contribution in [0.1, 0.15) is 12.8 Å². The van der Waals surface area contributed by atoms with E-state index < -0.39 is 0 Å². The number of piperidine rings is 1. The Bertz CT molecular complexity index is 222. The lowest BCUT2D eigenvalue weighted by Crippen LogP contribution is -2.45. The first-order valence-corrected chi connectivity index (χ1v) is 4.74. The summed E-state index contributed by atoms with van der Waals surface area (Å²) in [6.07, 6.45) is 1.78. The summed E-state index contributed by atoms with van der Waals surface area (Å²) in [6.45, 7) is 2.82. The molecule has 13 heavy (non-hydrogen) atoms. The van der Waals surface area contributed by atoms with E-state index in [0.717, 1.165) is 32.5 Å². The van der Waals surface area contributed by atoms with E-state index in [1.165, 1.54) is 0 Å². The largest absolute Gasteiger partial charge is 0.441 e. The first-order valence-electron chi connectivity index (χ1n) is 4.74. The van der Waals surface area contributed by atoms with E-state index in [-0.39, 0.29) is 11.7 Å². The predicted octanol–water partition coefficient (Wildman–Crippen LogP) is 0.533. The molecule has 0 aromatic rings. The maximum Gasteiger partial charge on any atom is 0.410 e. The van der Waals surface area contributed by atoms with E-state index in [2.05, 4.69) is 11.9 Å². The third kappa shape index (κ3) is 1.50. The van der Waals surface area contributed by atoms with Crippen LogP contribution < -0.4 is 0 Å². The highest BCUT2D eigenvalue weighted by Crippen LogP contribution is 2.31. The van der Waals surface area contributed by atoms with Crippen molar-refractivity contribution in [3.8, 4) is 0 Å². The van der Waals surface area contributed by atoms with E-state index in [0.29, 0.717) is 0 Å². The van der Waals surface area contributed by atoms with Crippen molar-refractivity contribution in [2.75, 3.05) is 33.7 Å². The van der Waals surface area contributed by atoms with Gasteiger partial charge in [-0.25, -0.2) is 4.79 Å². The fourth-order valence-corrected chi connectivity index (χ4v) is 2.08. The van der Waals surface area contributed by atoms with Crippen LogP contribution in [0.4, 0.5) is 4.79 Å². The second kappa shape index (κ2) is 2.87. The van der Waals surface area contributed by atoms with Crippen LogP contribution in [0.3, 0.4) is 0 Å². The molecule has 0 aromatic heterocycles. The van der Waals surface area contributed by atoms with Gasteiger partial charge in [0.15, 0.2) is 0 Å². The van der Waals surface area contributed by atoms with Crippen LogP contribution in [0.15, 0.2) is 0 Å². The van der Waals surface area contributed by atoms with Crippen LogP contribution >= 0.6 is 0 Å². The number of ether oxygens (including phenoxy) is 1. The SMILES string of the molecule is CN1CCC2(CC1)CN(C)C(=O)O2. The molecule has 0 saturated carbocycles. The van der Waals surface area contributed by atoms with Crippen LogP contribution in [0, 0.1) is 0 Å². The van der Waals surface area contributed by atoms with Crippen molar-refractivity contribution < 1.29 is 9.53 Å². The molecular weight excluding hydrogens is 168 g/mol. The van der Waals surface area contributed by atoms with Crippen LogP contribution in [0.25, 0.3) is 0 Å². The van der Waals surface area contributed by atoms with Crippen LogP contribution in [-0.2, 0) is 4.74 Å². The van der Waals surface area contributed by atoms with Gasteiger partial charge in [0.05, 0.1) is 6.54 Å². The molecule has 1 spiro atoms. The third-order valence-corrected chi connectivity index (χ3v) is 3.04. The number of likely N-dealkylation sites (tertiary alicyclic amines) is 1. The molecule has 0 N–H and O–H groups in total. The molecule has 0 bridgehead atoms. The summed E-state index contributed by atoms with van der Waals surface area (Å²) < 4.78 is 5.41. The maximum atomic E-state index is 11.2. The minimum atomic E-state index is -0.168. The number of nitrogens with zero attached hydrogens (tertiary/aromatic N) is 2. The molecule has 0 unspecified atom stereocenters. The zero-order valence-corrected chi connectivity index (χ0v) is 8.25. The molecular formula is C9H16N2O2. The summed E-state index contributed by atoms with van der Waals surface area (Å²) in [7, 11) is 3.91. The predicted molar refractivity (Wildman–Crippen MR) is 48.6 cm³/mol. The third-order valence-electron chi connectivity index (χ3n) is 3.04. The molecule has 2 saturated heterocycles. The van der Waals surface area contributed by atoms with Gasteiger partial charge in [0.1, 0.15) is 5.60 Å². The van der Waals surface area contributed by atoms with Gasteiger partial charge in [0.2, 0.25) is 0 Å². The van der Waals surface area contributed by atoms with Crippen molar-refractivity contribution in [1.29, 1.82) is 0 Å². The Labute approximate surface area is 78.4 Å². The van der Waals surface area contributed by atoms with Gasteiger partial charge in [-0.1, -0.05) is 0 Å². The number of amides is 1. The van der Waals surface area contributed by atoms with E-state index in [9.17, 15) is 4.79 Å². The molecule has 2 rings (SSSR count). The molecule has 1 amide bonds. The van der Waals surface area contributed by atoms with Gasteiger partial charge in [-0.2, -0.15) is 0 Å². The number of carbonyl (C=O) groups is 1. The van der Waals surface area contributed by atoms with Crippen LogP contribution in [0.5, 0.6) is 0 Å². The van der Waals surface area contributed by atoms with Gasteiger partial charge in [-0.3, -0.25) is 0 Å². The number of hydrogen-bond donors (Lipinski definition) is 0. The van der Waals surface area contributed by atoms with Gasteiger partial charge in [0, 0.05) is 33.0 Å². The Kier molecular flexibility index (Phi) is 1.95. The normalized spacial score (nSPS) is 28.2. The number of rotatable bonds is 0. The Morgan fingerprint density at radius 3 is 2.38 bits per heavy atom. The summed E-state index contributed by atoms with van der Waals surface area (Å²) in [4.78, 5) is 15.2. The van der Waals surface area contributed by atoms with Gasteiger partial charge in [-0.15, -0.1) is 0 Å². The summed E-state index contributed by atoms with van der Waals surface area (Å²) in [5, 5.41) is 0. The first-order chi connectivity index (χ1) is 6.11. The highest BCUT2D eigenvalue weighted by atomic mass is 16.6. The number of likely N-dealkylation sites (N-methyl/N-ethyl adjacent to an activating group) is 1. The van der Waals surface area contributed by atoms with Crippen molar-refractivity contribution in [2.45, 2.75) is 18.4 Å². The molecule has 4 heteroatoms. The minimum Gasteiger partial charge on any atom is -0.441 e. The second-order valence-electron chi connectivity index (χ2n) is 4.21. The van der Waals surface area contributed by atoms with E-state index >= 15 is 0 Å². The molecule has 2 aliphatic rings. The standard InChI is InChI=1S/C9H16N2O2/c1-10-5-3-9(4-6-10)7-11(2)8(12)13-9/h3-7H2,1-2H3. The zero-order valence-electron chi connectivity index (χ0n) is 8.25. The molecule has 4 nitrogen and oxygen atoms in total. The topological polar surface area (TPSA) is 32.8 Å². The van der Waals surface area contributed by atoms with Crippen molar-refractivity contribution in [2.24, 2.45) is 0 Å². The lowest BCUT2D eigenvalue weighted by Gasteiger charge is -2.35. The fraction of sp³-hybridized carbons (Fsp3) is 0.889. The molecule has 0 radical (unpaired) electrons. The molecule has 2 heterocycles. The molecule has 0 aliphatic carbocycles. The molecule has 74 valence electrons.